The van der Waals surface area contributed by atoms with E-state index in [9.17, 15) is 23.3 Å². The first kappa shape index (κ1) is 16.9. The maximum Gasteiger partial charge on any atom is 0.337 e. The Hall–Kier alpha value is -2.94. The molecule has 1 heterocycles. The van der Waals surface area contributed by atoms with Gasteiger partial charge in [0, 0.05) is 18.7 Å². The van der Waals surface area contributed by atoms with Gasteiger partial charge in [0.15, 0.2) is 0 Å². The van der Waals surface area contributed by atoms with Gasteiger partial charge >= 0.3 is 5.97 Å². The van der Waals surface area contributed by atoms with Crippen molar-refractivity contribution in [2.45, 2.75) is 11.3 Å². The van der Waals surface area contributed by atoms with Gasteiger partial charge < -0.3 is 4.74 Å². The number of non-ortho nitro benzene ring substituents is 1. The van der Waals surface area contributed by atoms with Crippen LogP contribution in [-0.2, 0) is 21.2 Å². The van der Waals surface area contributed by atoms with Gasteiger partial charge in [0.05, 0.1) is 28.2 Å². The van der Waals surface area contributed by atoms with Crippen LogP contribution in [0.1, 0.15) is 15.9 Å². The molecule has 1 aliphatic heterocycles. The van der Waals surface area contributed by atoms with E-state index in [-0.39, 0.29) is 22.7 Å². The van der Waals surface area contributed by atoms with E-state index in [0.717, 1.165) is 9.87 Å². The van der Waals surface area contributed by atoms with Gasteiger partial charge in [0.1, 0.15) is 0 Å². The summed E-state index contributed by atoms with van der Waals surface area (Å²) in [6.45, 7) is 0.206. The van der Waals surface area contributed by atoms with E-state index in [1.54, 1.807) is 6.07 Å². The molecule has 130 valence electrons. The number of carbonyl (C=O) groups excluding carboxylic acids is 1. The fourth-order valence-corrected chi connectivity index (χ4v) is 4.20. The molecule has 0 amide bonds. The molecule has 1 aliphatic rings. The molecule has 0 saturated carbocycles. The molecule has 0 fully saturated rings. The van der Waals surface area contributed by atoms with E-state index in [1.165, 1.54) is 43.5 Å². The van der Waals surface area contributed by atoms with Gasteiger partial charge in [-0.25, -0.2) is 13.2 Å². The number of methoxy groups -OCH3 is 1. The number of esters is 1. The third kappa shape index (κ3) is 2.93. The molecule has 8 nitrogen and oxygen atoms in total. The monoisotopic (exact) mass is 362 g/mol. The molecule has 2 aromatic carbocycles. The van der Waals surface area contributed by atoms with Crippen LogP contribution in [0.15, 0.2) is 47.4 Å². The number of nitro benzene ring substituents is 1. The molecule has 0 bridgehead atoms. The predicted octanol–water partition coefficient (Wildman–Crippen LogP) is 2.13. The van der Waals surface area contributed by atoms with Crippen molar-refractivity contribution in [3.63, 3.8) is 0 Å². The number of anilines is 1. The van der Waals surface area contributed by atoms with Crippen molar-refractivity contribution in [3.05, 3.63) is 63.7 Å². The van der Waals surface area contributed by atoms with Crippen LogP contribution < -0.4 is 4.31 Å². The number of sulfonamides is 1. The Morgan fingerprint density at radius 2 is 1.88 bits per heavy atom. The van der Waals surface area contributed by atoms with Crippen LogP contribution in [0.2, 0.25) is 0 Å². The van der Waals surface area contributed by atoms with Crippen molar-refractivity contribution >= 4 is 27.4 Å². The van der Waals surface area contributed by atoms with Crippen LogP contribution in [0.5, 0.6) is 0 Å². The number of carbonyl (C=O) groups is 1. The molecule has 2 aromatic rings. The zero-order chi connectivity index (χ0) is 18.2. The zero-order valence-electron chi connectivity index (χ0n) is 13.2. The molecular weight excluding hydrogens is 348 g/mol. The highest BCUT2D eigenvalue weighted by molar-refractivity contribution is 7.92. The summed E-state index contributed by atoms with van der Waals surface area (Å²) in [6.07, 6.45) is 0.479. The Morgan fingerprint density at radius 1 is 1.20 bits per heavy atom. The number of hydrogen-bond acceptors (Lipinski definition) is 6. The van der Waals surface area contributed by atoms with Gasteiger partial charge in [-0.3, -0.25) is 14.4 Å². The van der Waals surface area contributed by atoms with E-state index in [0.29, 0.717) is 12.1 Å². The molecule has 0 aromatic heterocycles. The normalized spacial score (nSPS) is 13.4. The van der Waals surface area contributed by atoms with Crippen molar-refractivity contribution in [2.24, 2.45) is 0 Å². The second-order valence-corrected chi connectivity index (χ2v) is 7.28. The van der Waals surface area contributed by atoms with Crippen LogP contribution in [0, 0.1) is 10.1 Å². The van der Waals surface area contributed by atoms with Crippen LogP contribution in [0.25, 0.3) is 0 Å². The minimum Gasteiger partial charge on any atom is -0.465 e. The summed E-state index contributed by atoms with van der Waals surface area (Å²) in [4.78, 5) is 21.8. The van der Waals surface area contributed by atoms with Crippen LogP contribution >= 0.6 is 0 Å². The fraction of sp³-hybridized carbons (Fsp3) is 0.188. The molecule has 9 heteroatoms. The van der Waals surface area contributed by atoms with E-state index < -0.39 is 20.9 Å². The molecule has 0 N–H and O–H groups in total. The predicted molar refractivity (Wildman–Crippen MR) is 89.1 cm³/mol. The van der Waals surface area contributed by atoms with Crippen molar-refractivity contribution in [2.75, 3.05) is 18.0 Å². The fourth-order valence-electron chi connectivity index (χ4n) is 2.71. The summed E-state index contributed by atoms with van der Waals surface area (Å²) in [5.41, 5.74) is 1.12. The van der Waals surface area contributed by atoms with Crippen LogP contribution in [-0.4, -0.2) is 33.0 Å². The number of hydrogen-bond donors (Lipinski definition) is 0. The summed E-state index contributed by atoms with van der Waals surface area (Å²) in [5.74, 6) is -0.564. The van der Waals surface area contributed by atoms with Gasteiger partial charge in [-0.15, -0.1) is 0 Å². The average Bonchev–Trinajstić information content (AvgIpc) is 3.05. The molecule has 3 rings (SSSR count). The minimum absolute atomic E-state index is 0.000454. The average molecular weight is 362 g/mol. The highest BCUT2D eigenvalue weighted by Crippen LogP contribution is 2.35. The second kappa shape index (κ2) is 6.17. The smallest absolute Gasteiger partial charge is 0.337 e. The molecule has 0 aliphatic carbocycles. The summed E-state index contributed by atoms with van der Waals surface area (Å²) in [6, 6.07) is 9.56. The summed E-state index contributed by atoms with van der Waals surface area (Å²) in [5, 5.41) is 11.0. The third-order valence-electron chi connectivity index (χ3n) is 4.00. The Kier molecular flexibility index (Phi) is 4.17. The van der Waals surface area contributed by atoms with Crippen molar-refractivity contribution in [1.82, 2.24) is 0 Å². The molecule has 25 heavy (non-hydrogen) atoms. The van der Waals surface area contributed by atoms with Gasteiger partial charge in [-0.05, 0) is 36.2 Å². The number of nitrogens with zero attached hydrogens (tertiary/aromatic N) is 2. The molecule has 0 atom stereocenters. The van der Waals surface area contributed by atoms with E-state index in [4.69, 9.17) is 0 Å². The summed E-state index contributed by atoms with van der Waals surface area (Å²) >= 11 is 0. The van der Waals surface area contributed by atoms with E-state index >= 15 is 0 Å². The van der Waals surface area contributed by atoms with Gasteiger partial charge in [-0.1, -0.05) is 6.07 Å². The molecule has 0 unspecified atom stereocenters. The molecule has 0 spiro atoms. The standard InChI is InChI=1S/C16H14N2O6S/c1-24-16(19)12-3-6-14(7-4-12)25(22,23)17-9-8-11-2-5-13(18(20)21)10-15(11)17/h2-7,10H,8-9H2,1H3. The molecule has 0 saturated heterocycles. The first-order valence-corrected chi connectivity index (χ1v) is 8.77. The van der Waals surface area contributed by atoms with E-state index in [2.05, 4.69) is 4.74 Å². The maximum absolute atomic E-state index is 12.9. The first-order chi connectivity index (χ1) is 11.8. The summed E-state index contributed by atoms with van der Waals surface area (Å²) < 4.78 is 31.5. The lowest BCUT2D eigenvalue weighted by Gasteiger charge is -2.19. The molecular formula is C16H14N2O6S. The largest absolute Gasteiger partial charge is 0.465 e. The van der Waals surface area contributed by atoms with Gasteiger partial charge in [0.2, 0.25) is 0 Å². The number of fused-ring (bicyclic) bond motifs is 1. The number of nitro groups is 1. The lowest BCUT2D eigenvalue weighted by atomic mass is 10.1. The molecule has 0 radical (unpaired) electrons. The lowest BCUT2D eigenvalue weighted by Crippen LogP contribution is -2.29. The topological polar surface area (TPSA) is 107 Å². The van der Waals surface area contributed by atoms with Gasteiger partial charge in [-0.2, -0.15) is 0 Å². The maximum atomic E-state index is 12.9. The van der Waals surface area contributed by atoms with Crippen molar-refractivity contribution < 1.29 is 22.9 Å². The quantitative estimate of drug-likeness (QED) is 0.468. The van der Waals surface area contributed by atoms with Crippen molar-refractivity contribution in [1.29, 1.82) is 0 Å². The Balaban J connectivity index is 1.99. The Labute approximate surface area is 143 Å². The van der Waals surface area contributed by atoms with E-state index in [1.807, 2.05) is 0 Å². The summed E-state index contributed by atoms with van der Waals surface area (Å²) in [7, 11) is -2.65. The number of rotatable bonds is 4. The highest BCUT2D eigenvalue weighted by Gasteiger charge is 2.32. The number of benzene rings is 2. The van der Waals surface area contributed by atoms with Crippen LogP contribution in [0.3, 0.4) is 0 Å². The number of ether oxygens (including phenoxy) is 1. The lowest BCUT2D eigenvalue weighted by molar-refractivity contribution is -0.384. The third-order valence-corrected chi connectivity index (χ3v) is 5.82. The minimum atomic E-state index is -3.89. The van der Waals surface area contributed by atoms with Gasteiger partial charge in [0.25, 0.3) is 15.7 Å². The Morgan fingerprint density at radius 3 is 2.48 bits per heavy atom. The zero-order valence-corrected chi connectivity index (χ0v) is 14.0. The van der Waals surface area contributed by atoms with Crippen molar-refractivity contribution in [3.8, 4) is 0 Å². The second-order valence-electron chi connectivity index (χ2n) is 5.41. The first-order valence-electron chi connectivity index (χ1n) is 7.33. The SMILES string of the molecule is COC(=O)c1ccc(S(=O)(=O)N2CCc3ccc([N+](=O)[O-])cc32)cc1. The Bertz CT molecular complexity index is 953. The highest BCUT2D eigenvalue weighted by atomic mass is 32.2. The van der Waals surface area contributed by atoms with Crippen LogP contribution in [0.4, 0.5) is 11.4 Å².